The van der Waals surface area contributed by atoms with Gasteiger partial charge in [0.1, 0.15) is 13.2 Å². The van der Waals surface area contributed by atoms with E-state index in [1.54, 1.807) is 4.90 Å². The third kappa shape index (κ3) is 9.38. The van der Waals surface area contributed by atoms with Crippen molar-refractivity contribution in [3.63, 3.8) is 0 Å². The molecule has 0 atom stereocenters. The molecule has 0 saturated carbocycles. The van der Waals surface area contributed by atoms with E-state index in [-0.39, 0.29) is 18.4 Å². The van der Waals surface area contributed by atoms with Gasteiger partial charge in [0.25, 0.3) is 0 Å². The second-order valence-electron chi connectivity index (χ2n) is 4.55. The average molecular weight is 304 g/mol. The van der Waals surface area contributed by atoms with Crippen LogP contribution in [0.4, 0.5) is 0 Å². The minimum Gasteiger partial charge on any atom is -0.473 e. The van der Waals surface area contributed by atoms with Crippen LogP contribution in [0.5, 0.6) is 0 Å². The Kier molecular flexibility index (Phi) is 8.70. The van der Waals surface area contributed by atoms with Gasteiger partial charge in [-0.25, -0.2) is 9.59 Å². The van der Waals surface area contributed by atoms with E-state index in [0.717, 1.165) is 6.42 Å². The van der Waals surface area contributed by atoms with Crippen LogP contribution < -0.4 is 0 Å². The Balaban J connectivity index is 0.000000567. The smallest absolute Gasteiger partial charge is 0.414 e. The normalized spacial score (nSPS) is 13.7. The van der Waals surface area contributed by atoms with Crippen molar-refractivity contribution in [3.05, 3.63) is 0 Å². The molecule has 1 fully saturated rings. The Hall–Kier alpha value is -2.16. The van der Waals surface area contributed by atoms with Gasteiger partial charge in [-0.3, -0.25) is 9.59 Å². The predicted molar refractivity (Wildman–Crippen MR) is 70.6 cm³/mol. The molecule has 0 aromatic carbocycles. The molecule has 1 aliphatic heterocycles. The summed E-state index contributed by atoms with van der Waals surface area (Å²) >= 11 is 0. The molecular formula is C12H20N2O7. The zero-order chi connectivity index (χ0) is 16.4. The largest absolute Gasteiger partial charge is 0.473 e. The first-order valence-corrected chi connectivity index (χ1v) is 6.28. The minimum absolute atomic E-state index is 0.0551. The summed E-state index contributed by atoms with van der Waals surface area (Å²) in [5.41, 5.74) is 0. The SMILES string of the molecule is CN(C)CCOC(=O)CN1CCCC1=O.O=C(O)C(=O)O. The monoisotopic (exact) mass is 304 g/mol. The van der Waals surface area contributed by atoms with Gasteiger partial charge in [-0.15, -0.1) is 0 Å². The van der Waals surface area contributed by atoms with E-state index >= 15 is 0 Å². The van der Waals surface area contributed by atoms with Crippen molar-refractivity contribution < 1.29 is 34.1 Å². The first-order valence-electron chi connectivity index (χ1n) is 6.28. The van der Waals surface area contributed by atoms with Gasteiger partial charge in [-0.05, 0) is 20.5 Å². The van der Waals surface area contributed by atoms with Crippen molar-refractivity contribution in [2.45, 2.75) is 12.8 Å². The summed E-state index contributed by atoms with van der Waals surface area (Å²) in [6.07, 6.45) is 1.41. The summed E-state index contributed by atoms with van der Waals surface area (Å²) in [5, 5.41) is 14.8. The van der Waals surface area contributed by atoms with E-state index in [4.69, 9.17) is 24.5 Å². The minimum atomic E-state index is -1.82. The molecule has 0 radical (unpaired) electrons. The molecule has 120 valence electrons. The summed E-state index contributed by atoms with van der Waals surface area (Å²) in [7, 11) is 3.83. The molecule has 0 aliphatic carbocycles. The number of rotatable bonds is 5. The molecule has 0 aromatic heterocycles. The van der Waals surface area contributed by atoms with E-state index in [2.05, 4.69) is 0 Å². The lowest BCUT2D eigenvalue weighted by Crippen LogP contribution is -2.32. The van der Waals surface area contributed by atoms with E-state index in [1.807, 2.05) is 19.0 Å². The second kappa shape index (κ2) is 9.70. The second-order valence-corrected chi connectivity index (χ2v) is 4.55. The van der Waals surface area contributed by atoms with E-state index in [1.165, 1.54) is 0 Å². The third-order valence-corrected chi connectivity index (χ3v) is 2.48. The van der Waals surface area contributed by atoms with Crippen LogP contribution in [0.15, 0.2) is 0 Å². The summed E-state index contributed by atoms with van der Waals surface area (Å²) in [5.74, 6) is -3.91. The molecule has 1 heterocycles. The fourth-order valence-electron chi connectivity index (χ4n) is 1.41. The van der Waals surface area contributed by atoms with Crippen LogP contribution in [0.1, 0.15) is 12.8 Å². The van der Waals surface area contributed by atoms with Crippen LogP contribution in [-0.2, 0) is 23.9 Å². The highest BCUT2D eigenvalue weighted by Crippen LogP contribution is 2.08. The number of likely N-dealkylation sites (N-methyl/N-ethyl adjacent to an activating group) is 1. The van der Waals surface area contributed by atoms with Crippen LogP contribution in [0.2, 0.25) is 0 Å². The number of carbonyl (C=O) groups is 4. The van der Waals surface area contributed by atoms with Crippen LogP contribution >= 0.6 is 0 Å². The van der Waals surface area contributed by atoms with Crippen molar-refractivity contribution in [2.75, 3.05) is 40.3 Å². The van der Waals surface area contributed by atoms with Crippen LogP contribution in [0.25, 0.3) is 0 Å². The van der Waals surface area contributed by atoms with Gasteiger partial charge >= 0.3 is 17.9 Å². The summed E-state index contributed by atoms with van der Waals surface area (Å²) in [6, 6.07) is 0. The number of carboxylic acids is 2. The number of ether oxygens (including phenoxy) is 1. The molecular weight excluding hydrogens is 284 g/mol. The summed E-state index contributed by atoms with van der Waals surface area (Å²) < 4.78 is 4.99. The lowest BCUT2D eigenvalue weighted by atomic mass is 10.4. The molecule has 2 N–H and O–H groups in total. The number of aliphatic carboxylic acids is 2. The maximum absolute atomic E-state index is 11.3. The van der Waals surface area contributed by atoms with Gasteiger partial charge in [-0.2, -0.15) is 0 Å². The van der Waals surface area contributed by atoms with E-state index in [0.29, 0.717) is 26.1 Å². The highest BCUT2D eigenvalue weighted by molar-refractivity contribution is 6.27. The Morgan fingerprint density at radius 2 is 1.81 bits per heavy atom. The molecule has 21 heavy (non-hydrogen) atoms. The number of esters is 1. The highest BCUT2D eigenvalue weighted by atomic mass is 16.5. The van der Waals surface area contributed by atoms with Gasteiger partial charge in [0.05, 0.1) is 0 Å². The number of nitrogens with zero attached hydrogens (tertiary/aromatic N) is 2. The molecule has 0 bridgehead atoms. The van der Waals surface area contributed by atoms with E-state index in [9.17, 15) is 9.59 Å². The molecule has 9 heteroatoms. The maximum atomic E-state index is 11.3. The van der Waals surface area contributed by atoms with Gasteiger partial charge in [0, 0.05) is 19.5 Å². The van der Waals surface area contributed by atoms with Crippen LogP contribution in [0, 0.1) is 0 Å². The topological polar surface area (TPSA) is 124 Å². The fourth-order valence-corrected chi connectivity index (χ4v) is 1.41. The average Bonchev–Trinajstić information content (AvgIpc) is 2.75. The first kappa shape index (κ1) is 18.8. The zero-order valence-electron chi connectivity index (χ0n) is 12.1. The van der Waals surface area contributed by atoms with Gasteiger partial charge in [0.15, 0.2) is 0 Å². The quantitative estimate of drug-likeness (QED) is 0.483. The van der Waals surface area contributed by atoms with Crippen molar-refractivity contribution in [1.82, 2.24) is 9.80 Å². The Labute approximate surface area is 122 Å². The Bertz CT molecular complexity index is 383. The number of carboxylic acid groups (broad SMARTS) is 2. The van der Waals surface area contributed by atoms with Crippen molar-refractivity contribution in [2.24, 2.45) is 0 Å². The summed E-state index contributed by atoms with van der Waals surface area (Å²) in [4.78, 5) is 44.2. The maximum Gasteiger partial charge on any atom is 0.414 e. The molecule has 1 aliphatic rings. The number of amides is 1. The lowest BCUT2D eigenvalue weighted by Gasteiger charge is -2.15. The van der Waals surface area contributed by atoms with Crippen molar-refractivity contribution in [1.29, 1.82) is 0 Å². The number of hydrogen-bond acceptors (Lipinski definition) is 6. The number of likely N-dealkylation sites (tertiary alicyclic amines) is 1. The van der Waals surface area contributed by atoms with Gasteiger partial charge in [-0.1, -0.05) is 0 Å². The van der Waals surface area contributed by atoms with Crippen LogP contribution in [-0.4, -0.2) is 84.2 Å². The Morgan fingerprint density at radius 1 is 1.24 bits per heavy atom. The number of carbonyl (C=O) groups excluding carboxylic acids is 2. The van der Waals surface area contributed by atoms with Crippen molar-refractivity contribution in [3.8, 4) is 0 Å². The molecule has 0 spiro atoms. The molecule has 1 amide bonds. The third-order valence-electron chi connectivity index (χ3n) is 2.48. The fraction of sp³-hybridized carbons (Fsp3) is 0.667. The highest BCUT2D eigenvalue weighted by Gasteiger charge is 2.22. The molecule has 1 rings (SSSR count). The lowest BCUT2D eigenvalue weighted by molar-refractivity contribution is -0.159. The first-order chi connectivity index (χ1) is 9.73. The van der Waals surface area contributed by atoms with E-state index < -0.39 is 11.9 Å². The van der Waals surface area contributed by atoms with Crippen molar-refractivity contribution >= 4 is 23.8 Å². The summed E-state index contributed by atoms with van der Waals surface area (Å²) in [6.45, 7) is 1.88. The van der Waals surface area contributed by atoms with Gasteiger partial charge < -0.3 is 24.7 Å². The van der Waals surface area contributed by atoms with Gasteiger partial charge in [0.2, 0.25) is 5.91 Å². The standard InChI is InChI=1S/C10H18N2O3.C2H2O4/c1-11(2)6-7-15-10(14)8-12-5-3-4-9(12)13;3-1(4)2(5)6/h3-8H2,1-2H3;(H,3,4)(H,5,6). The molecule has 1 saturated heterocycles. The molecule has 9 nitrogen and oxygen atoms in total. The number of hydrogen-bond donors (Lipinski definition) is 2. The Morgan fingerprint density at radius 3 is 2.19 bits per heavy atom. The predicted octanol–water partition coefficient (Wildman–Crippen LogP) is -1.13. The van der Waals surface area contributed by atoms with Crippen LogP contribution in [0.3, 0.4) is 0 Å². The zero-order valence-corrected chi connectivity index (χ0v) is 12.1. The molecule has 0 unspecified atom stereocenters. The molecule has 0 aromatic rings.